The normalized spacial score (nSPS) is 13.4. The highest BCUT2D eigenvalue weighted by molar-refractivity contribution is 7.45. The minimum absolute atomic E-state index is 0.0271. The van der Waals surface area contributed by atoms with Crippen molar-refractivity contribution in [3.63, 3.8) is 0 Å². The number of ether oxygens (including phenoxy) is 2. The maximum atomic E-state index is 12.7. The van der Waals surface area contributed by atoms with E-state index in [4.69, 9.17) is 18.5 Å². The van der Waals surface area contributed by atoms with Crippen LogP contribution in [0, 0.1) is 0 Å². The van der Waals surface area contributed by atoms with Gasteiger partial charge in [-0.05, 0) is 44.9 Å². The predicted molar refractivity (Wildman–Crippen MR) is 287 cm³/mol. The SMILES string of the molecule is CCCCCCC/C=C\C/C=C\CCCCCCCCCCCCCCCCCCCCCCCCCC(=O)OC(COC(=O)CCCCCCCCCCC)COP(=O)([O-])OCC[N+](C)(C)C. The molecule has 0 aliphatic carbocycles. The fourth-order valence-corrected chi connectivity index (χ4v) is 9.18. The van der Waals surface area contributed by atoms with Crippen molar-refractivity contribution in [1.29, 1.82) is 0 Å². The molecule has 0 aromatic heterocycles. The van der Waals surface area contributed by atoms with E-state index in [2.05, 4.69) is 38.2 Å². The Morgan fingerprint density at radius 3 is 1.16 bits per heavy atom. The molecule has 0 fully saturated rings. The molecule has 0 spiro atoms. The first-order valence-electron chi connectivity index (χ1n) is 29.0. The van der Waals surface area contributed by atoms with E-state index < -0.39 is 26.5 Å². The summed E-state index contributed by atoms with van der Waals surface area (Å²) in [6.07, 6.45) is 59.8. The third kappa shape index (κ3) is 53.8. The van der Waals surface area contributed by atoms with Crippen LogP contribution < -0.4 is 4.89 Å². The van der Waals surface area contributed by atoms with Crippen LogP contribution in [0.25, 0.3) is 0 Å². The smallest absolute Gasteiger partial charge is 0.306 e. The van der Waals surface area contributed by atoms with E-state index in [1.807, 2.05) is 21.1 Å². The van der Waals surface area contributed by atoms with Crippen molar-refractivity contribution in [3.8, 4) is 0 Å². The molecule has 0 bridgehead atoms. The largest absolute Gasteiger partial charge is 0.756 e. The predicted octanol–water partition coefficient (Wildman–Crippen LogP) is 17.2. The molecule has 10 heteroatoms. The average Bonchev–Trinajstić information content (AvgIpc) is 3.30. The number of carbonyl (C=O) groups is 2. The number of allylic oxidation sites excluding steroid dienone is 4. The first-order chi connectivity index (χ1) is 33.0. The Morgan fingerprint density at radius 1 is 0.456 bits per heavy atom. The Hall–Kier alpha value is -1.51. The van der Waals surface area contributed by atoms with Crippen molar-refractivity contribution < 1.29 is 42.1 Å². The van der Waals surface area contributed by atoms with Crippen LogP contribution in [0.1, 0.15) is 284 Å². The monoisotopic (exact) mass is 982 g/mol. The number of rotatable bonds is 54. The number of quaternary nitrogens is 1. The summed E-state index contributed by atoms with van der Waals surface area (Å²) in [5.41, 5.74) is 0. The van der Waals surface area contributed by atoms with Gasteiger partial charge in [-0.2, -0.15) is 0 Å². The fraction of sp³-hybridized carbons (Fsp3) is 0.897. The van der Waals surface area contributed by atoms with Crippen molar-refractivity contribution in [2.24, 2.45) is 0 Å². The van der Waals surface area contributed by atoms with Crippen LogP contribution in [0.5, 0.6) is 0 Å². The molecular weight excluding hydrogens is 870 g/mol. The van der Waals surface area contributed by atoms with E-state index in [0.29, 0.717) is 17.4 Å². The topological polar surface area (TPSA) is 111 Å². The van der Waals surface area contributed by atoms with Crippen LogP contribution in [0.15, 0.2) is 24.3 Å². The van der Waals surface area contributed by atoms with Gasteiger partial charge in [-0.1, -0.05) is 250 Å². The zero-order chi connectivity index (χ0) is 49.9. The zero-order valence-electron chi connectivity index (χ0n) is 45.6. The molecule has 0 aliphatic rings. The van der Waals surface area contributed by atoms with Gasteiger partial charge in [0.15, 0.2) is 6.10 Å². The third-order valence-electron chi connectivity index (χ3n) is 13.0. The standard InChI is InChI=1S/C58H112NO8P/c1-6-8-10-12-14-16-17-18-19-20-21-22-23-24-25-26-27-28-29-30-31-32-33-34-35-36-37-38-39-40-41-43-45-47-49-51-58(61)67-56(55-66-68(62,63)65-53-52-59(3,4)5)54-64-57(60)50-48-46-44-42-15-13-11-9-7-2/h17-18,20-21,56H,6-16,19,22-55H2,1-5H3/b18-17-,21-20-. The van der Waals surface area contributed by atoms with Crippen LogP contribution in [0.4, 0.5) is 0 Å². The van der Waals surface area contributed by atoms with Gasteiger partial charge in [0.05, 0.1) is 27.7 Å². The highest BCUT2D eigenvalue weighted by Crippen LogP contribution is 2.38. The Bertz CT molecular complexity index is 1200. The number of nitrogens with zero attached hydrogens (tertiary/aromatic N) is 1. The molecule has 0 aliphatic heterocycles. The van der Waals surface area contributed by atoms with E-state index in [1.165, 1.54) is 212 Å². The van der Waals surface area contributed by atoms with E-state index in [-0.39, 0.29) is 32.0 Å². The summed E-state index contributed by atoms with van der Waals surface area (Å²) in [5, 5.41) is 0. The lowest BCUT2D eigenvalue weighted by Gasteiger charge is -2.28. The molecule has 0 saturated carbocycles. The molecule has 2 unspecified atom stereocenters. The Labute approximate surface area is 421 Å². The van der Waals surface area contributed by atoms with Gasteiger partial charge in [-0.15, -0.1) is 0 Å². The van der Waals surface area contributed by atoms with Gasteiger partial charge < -0.3 is 27.9 Å². The quantitative estimate of drug-likeness (QED) is 0.0195. The first kappa shape index (κ1) is 66.5. The van der Waals surface area contributed by atoms with Gasteiger partial charge in [0, 0.05) is 12.8 Å². The second-order valence-corrected chi connectivity index (χ2v) is 22.4. The third-order valence-corrected chi connectivity index (χ3v) is 13.9. The summed E-state index contributed by atoms with van der Waals surface area (Å²) < 4.78 is 34.0. The summed E-state index contributed by atoms with van der Waals surface area (Å²) >= 11 is 0. The lowest BCUT2D eigenvalue weighted by atomic mass is 10.0. The second kappa shape index (κ2) is 50.4. The molecule has 68 heavy (non-hydrogen) atoms. The highest BCUT2D eigenvalue weighted by Gasteiger charge is 2.22. The highest BCUT2D eigenvalue weighted by atomic mass is 31.2. The molecule has 0 rings (SSSR count). The van der Waals surface area contributed by atoms with Crippen molar-refractivity contribution in [3.05, 3.63) is 24.3 Å². The summed E-state index contributed by atoms with van der Waals surface area (Å²) in [4.78, 5) is 37.6. The molecule has 0 radical (unpaired) electrons. The molecule has 0 saturated heterocycles. The number of carbonyl (C=O) groups excluding carboxylic acids is 2. The van der Waals surface area contributed by atoms with Crippen LogP contribution in [-0.4, -0.2) is 70.0 Å². The Kier molecular flexibility index (Phi) is 49.3. The molecule has 0 N–H and O–H groups in total. The van der Waals surface area contributed by atoms with Gasteiger partial charge in [-0.25, -0.2) is 0 Å². The van der Waals surface area contributed by atoms with Gasteiger partial charge in [-0.3, -0.25) is 14.2 Å². The molecule has 0 heterocycles. The molecule has 402 valence electrons. The summed E-state index contributed by atoms with van der Waals surface area (Å²) in [6, 6.07) is 0. The summed E-state index contributed by atoms with van der Waals surface area (Å²) in [5.74, 6) is -0.822. The molecular formula is C58H112NO8P. The number of unbranched alkanes of at least 4 members (excludes halogenated alkanes) is 36. The number of hydrogen-bond donors (Lipinski definition) is 0. The van der Waals surface area contributed by atoms with Crippen LogP contribution in [0.3, 0.4) is 0 Å². The number of likely N-dealkylation sites (N-methyl/N-ethyl adjacent to an activating group) is 1. The number of phosphoric ester groups is 1. The maximum Gasteiger partial charge on any atom is 0.306 e. The van der Waals surface area contributed by atoms with Crippen molar-refractivity contribution in [1.82, 2.24) is 0 Å². The summed E-state index contributed by atoms with van der Waals surface area (Å²) in [7, 11) is 1.18. The molecule has 0 amide bonds. The van der Waals surface area contributed by atoms with Crippen molar-refractivity contribution >= 4 is 19.8 Å². The molecule has 0 aromatic rings. The minimum atomic E-state index is -4.62. The van der Waals surface area contributed by atoms with Gasteiger partial charge >= 0.3 is 11.9 Å². The van der Waals surface area contributed by atoms with Crippen molar-refractivity contribution in [2.45, 2.75) is 290 Å². The van der Waals surface area contributed by atoms with Crippen LogP contribution in [-0.2, 0) is 32.7 Å². The van der Waals surface area contributed by atoms with Crippen LogP contribution in [0.2, 0.25) is 0 Å². The zero-order valence-corrected chi connectivity index (χ0v) is 46.5. The lowest BCUT2D eigenvalue weighted by molar-refractivity contribution is -0.870. The van der Waals surface area contributed by atoms with E-state index in [1.54, 1.807) is 0 Å². The van der Waals surface area contributed by atoms with Crippen molar-refractivity contribution in [2.75, 3.05) is 47.5 Å². The second-order valence-electron chi connectivity index (χ2n) is 21.0. The fourth-order valence-electron chi connectivity index (χ4n) is 8.45. The molecule has 9 nitrogen and oxygen atoms in total. The van der Waals surface area contributed by atoms with Gasteiger partial charge in [0.25, 0.3) is 7.82 Å². The summed E-state index contributed by atoms with van der Waals surface area (Å²) in [6.45, 7) is 4.23. The molecule has 0 aromatic carbocycles. The number of esters is 2. The first-order valence-corrected chi connectivity index (χ1v) is 30.5. The minimum Gasteiger partial charge on any atom is -0.756 e. The maximum absolute atomic E-state index is 12.7. The average molecular weight is 983 g/mol. The number of phosphoric acid groups is 1. The lowest BCUT2D eigenvalue weighted by Crippen LogP contribution is -2.37. The Balaban J connectivity index is 3.87. The Morgan fingerprint density at radius 2 is 0.794 bits per heavy atom. The van der Waals surface area contributed by atoms with E-state index in [0.717, 1.165) is 38.5 Å². The van der Waals surface area contributed by atoms with E-state index >= 15 is 0 Å². The van der Waals surface area contributed by atoms with E-state index in [9.17, 15) is 19.0 Å². The number of hydrogen-bond acceptors (Lipinski definition) is 8. The van der Waals surface area contributed by atoms with Gasteiger partial charge in [0.2, 0.25) is 0 Å². The van der Waals surface area contributed by atoms with Gasteiger partial charge in [0.1, 0.15) is 19.8 Å². The van der Waals surface area contributed by atoms with Crippen LogP contribution >= 0.6 is 7.82 Å². The molecule has 2 atom stereocenters.